The molecule has 0 bridgehead atoms. The number of β-amino-alcohol motifs (C(OH)–C–C–N with tert-alkyl or cyclic N) is 1. The summed E-state index contributed by atoms with van der Waals surface area (Å²) >= 11 is 3.40. The molecule has 1 amide bonds. The van der Waals surface area contributed by atoms with Crippen LogP contribution in [0.25, 0.3) is 0 Å². The van der Waals surface area contributed by atoms with Crippen molar-refractivity contribution in [2.24, 2.45) is 4.99 Å². The van der Waals surface area contributed by atoms with E-state index < -0.39 is 0 Å². The summed E-state index contributed by atoms with van der Waals surface area (Å²) in [5.74, 6) is 0.506. The van der Waals surface area contributed by atoms with E-state index in [9.17, 15) is 9.90 Å². The number of aliphatic imine (C=N–C) groups is 1. The van der Waals surface area contributed by atoms with Crippen molar-refractivity contribution in [3.8, 4) is 0 Å². The number of amides is 1. The van der Waals surface area contributed by atoms with Crippen LogP contribution in [-0.4, -0.2) is 54.2 Å². The van der Waals surface area contributed by atoms with E-state index in [4.69, 9.17) is 0 Å². The highest BCUT2D eigenvalue weighted by Crippen LogP contribution is 2.20. The Morgan fingerprint density at radius 1 is 1.52 bits per heavy atom. The summed E-state index contributed by atoms with van der Waals surface area (Å²) in [6, 6.07) is 5.75. The number of guanidine groups is 1. The molecule has 3 N–H and O–H groups in total. The predicted octanol–water partition coefficient (Wildman–Crippen LogP) is 1.73. The van der Waals surface area contributed by atoms with E-state index in [0.29, 0.717) is 12.5 Å². The fourth-order valence-corrected chi connectivity index (χ4v) is 2.79. The maximum atomic E-state index is 12.1. The molecule has 126 valence electrons. The van der Waals surface area contributed by atoms with Gasteiger partial charge < -0.3 is 20.6 Å². The number of anilines is 1. The van der Waals surface area contributed by atoms with Crippen molar-refractivity contribution in [3.63, 3.8) is 0 Å². The number of carbonyl (C=O) groups excluding carboxylic acids is 1. The number of aliphatic hydroxyl groups excluding tert-OH is 1. The number of aryl methyl sites for hydroxylation is 1. The molecule has 6 nitrogen and oxygen atoms in total. The maximum absolute atomic E-state index is 12.1. The largest absolute Gasteiger partial charge is 0.391 e. The number of hydrogen-bond acceptors (Lipinski definition) is 3. The van der Waals surface area contributed by atoms with Crippen LogP contribution in [0.4, 0.5) is 5.69 Å². The number of aliphatic hydroxyl groups is 1. The van der Waals surface area contributed by atoms with Crippen LogP contribution in [0, 0.1) is 6.92 Å². The summed E-state index contributed by atoms with van der Waals surface area (Å²) in [6.45, 7) is 5.99. The molecule has 7 heteroatoms. The molecule has 1 fully saturated rings. The fourth-order valence-electron chi connectivity index (χ4n) is 2.43. The second-order valence-corrected chi connectivity index (χ2v) is 6.48. The summed E-state index contributed by atoms with van der Waals surface area (Å²) in [6.07, 6.45) is 0.408. The van der Waals surface area contributed by atoms with E-state index >= 15 is 0 Å². The zero-order valence-corrected chi connectivity index (χ0v) is 15.1. The molecule has 0 aromatic heterocycles. The monoisotopic (exact) mass is 382 g/mol. The van der Waals surface area contributed by atoms with Crippen LogP contribution >= 0.6 is 15.9 Å². The molecule has 2 rings (SSSR count). The maximum Gasteiger partial charge on any atom is 0.246 e. The lowest BCUT2D eigenvalue weighted by molar-refractivity contribution is -0.114. The van der Waals surface area contributed by atoms with Crippen molar-refractivity contribution in [3.05, 3.63) is 28.2 Å². The van der Waals surface area contributed by atoms with Gasteiger partial charge in [-0.25, -0.2) is 4.99 Å². The molecule has 1 aliphatic rings. The Kier molecular flexibility index (Phi) is 6.41. The van der Waals surface area contributed by atoms with Crippen molar-refractivity contribution in [1.29, 1.82) is 0 Å². The Bertz CT molecular complexity index is 591. The summed E-state index contributed by atoms with van der Waals surface area (Å²) in [5, 5.41) is 15.7. The molecule has 1 atom stereocenters. The van der Waals surface area contributed by atoms with Crippen LogP contribution in [0.1, 0.15) is 18.9 Å². The van der Waals surface area contributed by atoms with Gasteiger partial charge in [0.15, 0.2) is 5.96 Å². The zero-order valence-electron chi connectivity index (χ0n) is 13.5. The van der Waals surface area contributed by atoms with Gasteiger partial charge in [-0.15, -0.1) is 0 Å². The smallest absolute Gasteiger partial charge is 0.246 e. The molecular formula is C16H23BrN4O2. The number of nitrogens with zero attached hydrogens (tertiary/aromatic N) is 2. The van der Waals surface area contributed by atoms with Crippen molar-refractivity contribution >= 4 is 33.5 Å². The van der Waals surface area contributed by atoms with E-state index in [1.165, 1.54) is 0 Å². The second kappa shape index (κ2) is 8.31. The first-order chi connectivity index (χ1) is 11.0. The average Bonchev–Trinajstić information content (AvgIpc) is 2.93. The van der Waals surface area contributed by atoms with Crippen molar-refractivity contribution in [2.75, 3.05) is 31.5 Å². The van der Waals surface area contributed by atoms with Gasteiger partial charge in [0.2, 0.25) is 5.91 Å². The lowest BCUT2D eigenvalue weighted by Crippen LogP contribution is -2.41. The standard InChI is InChI=1S/C16H23BrN4O2/c1-3-18-16(21-7-6-13(22)10-21)19-9-15(23)20-14-8-12(17)5-4-11(14)2/h4-5,8,13,22H,3,6-7,9-10H2,1-2H3,(H,18,19)(H,20,23)/t13-/m1/s1. The van der Waals surface area contributed by atoms with Crippen LogP contribution < -0.4 is 10.6 Å². The topological polar surface area (TPSA) is 77.0 Å². The van der Waals surface area contributed by atoms with Gasteiger partial charge in [-0.05, 0) is 38.0 Å². The minimum atomic E-state index is -0.322. The number of benzene rings is 1. The van der Waals surface area contributed by atoms with E-state index in [0.717, 1.165) is 35.2 Å². The molecule has 1 heterocycles. The van der Waals surface area contributed by atoms with E-state index in [1.807, 2.05) is 36.9 Å². The fraction of sp³-hybridized carbons (Fsp3) is 0.500. The molecule has 0 aliphatic carbocycles. The van der Waals surface area contributed by atoms with Gasteiger partial charge in [-0.3, -0.25) is 4.79 Å². The first-order valence-corrected chi connectivity index (χ1v) is 8.56. The quantitative estimate of drug-likeness (QED) is 0.547. The number of hydrogen-bond donors (Lipinski definition) is 3. The number of rotatable bonds is 4. The van der Waals surface area contributed by atoms with Crippen LogP contribution in [0.5, 0.6) is 0 Å². The Morgan fingerprint density at radius 2 is 2.30 bits per heavy atom. The van der Waals surface area contributed by atoms with E-state index in [1.54, 1.807) is 0 Å². The minimum absolute atomic E-state index is 0.0425. The Balaban J connectivity index is 1.98. The molecule has 1 aliphatic heterocycles. The van der Waals surface area contributed by atoms with Gasteiger partial charge in [0, 0.05) is 29.8 Å². The summed E-state index contributed by atoms with van der Waals surface area (Å²) in [5.41, 5.74) is 1.78. The van der Waals surface area contributed by atoms with Crippen LogP contribution in [0.3, 0.4) is 0 Å². The number of carbonyl (C=O) groups is 1. The first-order valence-electron chi connectivity index (χ1n) is 7.77. The summed E-state index contributed by atoms with van der Waals surface area (Å²) in [7, 11) is 0. The Labute approximate surface area is 145 Å². The Hall–Kier alpha value is -1.60. The van der Waals surface area contributed by atoms with E-state index in [2.05, 4.69) is 31.6 Å². The molecule has 0 unspecified atom stereocenters. The normalized spacial score (nSPS) is 18.2. The summed E-state index contributed by atoms with van der Waals surface area (Å²) < 4.78 is 0.918. The minimum Gasteiger partial charge on any atom is -0.391 e. The predicted molar refractivity (Wildman–Crippen MR) is 95.7 cm³/mol. The third-order valence-corrected chi connectivity index (χ3v) is 4.14. The summed E-state index contributed by atoms with van der Waals surface area (Å²) in [4.78, 5) is 18.5. The highest BCUT2D eigenvalue weighted by molar-refractivity contribution is 9.10. The van der Waals surface area contributed by atoms with Crippen molar-refractivity contribution in [2.45, 2.75) is 26.4 Å². The van der Waals surface area contributed by atoms with Gasteiger partial charge in [0.25, 0.3) is 0 Å². The van der Waals surface area contributed by atoms with Gasteiger partial charge in [-0.1, -0.05) is 22.0 Å². The number of nitrogens with one attached hydrogen (secondary N) is 2. The van der Waals surface area contributed by atoms with Crippen LogP contribution in [-0.2, 0) is 4.79 Å². The lowest BCUT2D eigenvalue weighted by atomic mass is 10.2. The SMILES string of the molecule is CCNC(=NCC(=O)Nc1cc(Br)ccc1C)N1CC[C@@H](O)C1. The van der Waals surface area contributed by atoms with Crippen molar-refractivity contribution in [1.82, 2.24) is 10.2 Å². The molecule has 0 spiro atoms. The molecule has 1 aromatic carbocycles. The number of halogens is 1. The van der Waals surface area contributed by atoms with Gasteiger partial charge in [0.1, 0.15) is 6.54 Å². The number of likely N-dealkylation sites (tertiary alicyclic amines) is 1. The second-order valence-electron chi connectivity index (χ2n) is 5.57. The lowest BCUT2D eigenvalue weighted by Gasteiger charge is -2.20. The van der Waals surface area contributed by atoms with Gasteiger partial charge in [0.05, 0.1) is 6.10 Å². The molecule has 1 aromatic rings. The van der Waals surface area contributed by atoms with Gasteiger partial charge >= 0.3 is 0 Å². The molecular weight excluding hydrogens is 360 g/mol. The third-order valence-electron chi connectivity index (χ3n) is 3.64. The van der Waals surface area contributed by atoms with Crippen LogP contribution in [0.2, 0.25) is 0 Å². The molecule has 0 radical (unpaired) electrons. The first kappa shape index (κ1) is 17.7. The molecule has 0 saturated carbocycles. The zero-order chi connectivity index (χ0) is 16.8. The van der Waals surface area contributed by atoms with E-state index in [-0.39, 0.29) is 18.6 Å². The highest BCUT2D eigenvalue weighted by Gasteiger charge is 2.22. The third kappa shape index (κ3) is 5.21. The molecule has 1 saturated heterocycles. The van der Waals surface area contributed by atoms with Crippen molar-refractivity contribution < 1.29 is 9.90 Å². The van der Waals surface area contributed by atoms with Crippen LogP contribution in [0.15, 0.2) is 27.7 Å². The molecule has 23 heavy (non-hydrogen) atoms. The Morgan fingerprint density at radius 3 is 2.96 bits per heavy atom. The van der Waals surface area contributed by atoms with Gasteiger partial charge in [-0.2, -0.15) is 0 Å². The highest BCUT2D eigenvalue weighted by atomic mass is 79.9. The average molecular weight is 383 g/mol.